The van der Waals surface area contributed by atoms with Crippen molar-refractivity contribution in [2.45, 2.75) is 33.6 Å². The number of aryl methyl sites for hydroxylation is 3. The van der Waals surface area contributed by atoms with Crippen LogP contribution in [0.3, 0.4) is 0 Å². The van der Waals surface area contributed by atoms with Crippen molar-refractivity contribution >= 4 is 16.9 Å². The minimum atomic E-state index is 0.0485. The number of hydrogen-bond donors (Lipinski definition) is 0. The molecule has 5 nitrogen and oxygen atoms in total. The van der Waals surface area contributed by atoms with Crippen LogP contribution in [-0.4, -0.2) is 61.6 Å². The van der Waals surface area contributed by atoms with E-state index < -0.39 is 0 Å². The molecule has 0 bridgehead atoms. The molecule has 0 N–H and O–H groups in total. The van der Waals surface area contributed by atoms with Crippen molar-refractivity contribution in [3.8, 4) is 0 Å². The number of benzene rings is 1. The van der Waals surface area contributed by atoms with Crippen molar-refractivity contribution in [1.29, 1.82) is 0 Å². The van der Waals surface area contributed by atoms with Gasteiger partial charge in [0.2, 0.25) is 0 Å². The fraction of sp³-hybridized carbons (Fsp3) is 0.591. The van der Waals surface area contributed by atoms with E-state index in [0.29, 0.717) is 11.7 Å². The number of fused-ring (bicyclic) bond motifs is 1. The second-order valence-electron chi connectivity index (χ2n) is 8.11. The molecule has 4 rings (SSSR count). The maximum Gasteiger partial charge on any atom is 0.289 e. The molecule has 2 saturated heterocycles. The first-order valence-corrected chi connectivity index (χ1v) is 10.1. The van der Waals surface area contributed by atoms with E-state index in [1.807, 2.05) is 11.8 Å². The van der Waals surface area contributed by atoms with Crippen LogP contribution in [-0.2, 0) is 4.74 Å². The summed E-state index contributed by atoms with van der Waals surface area (Å²) >= 11 is 0. The molecule has 0 spiro atoms. The number of morpholine rings is 1. The first-order valence-electron chi connectivity index (χ1n) is 10.1. The highest BCUT2D eigenvalue weighted by molar-refractivity contribution is 5.99. The molecule has 1 amide bonds. The Balaban J connectivity index is 1.51. The lowest BCUT2D eigenvalue weighted by atomic mass is 9.96. The molecule has 3 heterocycles. The number of furan rings is 1. The molecular formula is C22H30N2O3. The number of hydrogen-bond acceptors (Lipinski definition) is 4. The molecule has 1 atom stereocenters. The van der Waals surface area contributed by atoms with Gasteiger partial charge in [-0.3, -0.25) is 9.69 Å². The average molecular weight is 370 g/mol. The Labute approximate surface area is 161 Å². The van der Waals surface area contributed by atoms with Gasteiger partial charge in [-0.25, -0.2) is 0 Å². The predicted molar refractivity (Wildman–Crippen MR) is 106 cm³/mol. The summed E-state index contributed by atoms with van der Waals surface area (Å²) in [6.45, 7) is 12.5. The van der Waals surface area contributed by atoms with Crippen molar-refractivity contribution in [3.05, 3.63) is 34.6 Å². The highest BCUT2D eigenvalue weighted by Crippen LogP contribution is 2.31. The predicted octanol–water partition coefficient (Wildman–Crippen LogP) is 3.54. The largest absolute Gasteiger partial charge is 0.450 e. The lowest BCUT2D eigenvalue weighted by Gasteiger charge is -2.36. The quantitative estimate of drug-likeness (QED) is 0.829. The fourth-order valence-electron chi connectivity index (χ4n) is 4.41. The van der Waals surface area contributed by atoms with E-state index in [1.165, 1.54) is 12.0 Å². The van der Waals surface area contributed by atoms with Crippen LogP contribution in [0.15, 0.2) is 16.5 Å². The van der Waals surface area contributed by atoms with E-state index in [2.05, 4.69) is 30.9 Å². The Morgan fingerprint density at radius 2 is 1.89 bits per heavy atom. The van der Waals surface area contributed by atoms with Gasteiger partial charge in [0.15, 0.2) is 5.76 Å². The third-order valence-corrected chi connectivity index (χ3v) is 6.25. The smallest absolute Gasteiger partial charge is 0.289 e. The summed E-state index contributed by atoms with van der Waals surface area (Å²) < 4.78 is 11.5. The number of carbonyl (C=O) groups excluding carboxylic acids is 1. The summed E-state index contributed by atoms with van der Waals surface area (Å²) in [5.41, 5.74) is 4.14. The van der Waals surface area contributed by atoms with Crippen LogP contribution in [0.2, 0.25) is 0 Å². The number of piperidine rings is 1. The summed E-state index contributed by atoms with van der Waals surface area (Å²) in [4.78, 5) is 17.7. The minimum Gasteiger partial charge on any atom is -0.450 e. The van der Waals surface area contributed by atoms with Gasteiger partial charge in [0.25, 0.3) is 5.91 Å². The summed E-state index contributed by atoms with van der Waals surface area (Å²) in [5, 5.41) is 1.06. The van der Waals surface area contributed by atoms with Gasteiger partial charge in [-0.15, -0.1) is 0 Å². The lowest BCUT2D eigenvalue weighted by molar-refractivity contribution is 0.0220. The SMILES string of the molecule is Cc1ccc2c(C)c(C(=O)N3CCC[C@H](CN4CCOCC4)C3)oc2c1C. The number of amides is 1. The maximum absolute atomic E-state index is 13.2. The fourth-order valence-corrected chi connectivity index (χ4v) is 4.41. The number of ether oxygens (including phenoxy) is 1. The van der Waals surface area contributed by atoms with Crippen molar-refractivity contribution in [2.75, 3.05) is 45.9 Å². The Morgan fingerprint density at radius 3 is 2.67 bits per heavy atom. The zero-order valence-corrected chi connectivity index (χ0v) is 16.7. The summed E-state index contributed by atoms with van der Waals surface area (Å²) in [5.74, 6) is 1.10. The second-order valence-corrected chi connectivity index (χ2v) is 8.11. The van der Waals surface area contributed by atoms with Crippen molar-refractivity contribution in [3.63, 3.8) is 0 Å². The van der Waals surface area contributed by atoms with E-state index in [1.54, 1.807) is 0 Å². The van der Waals surface area contributed by atoms with Crippen molar-refractivity contribution < 1.29 is 13.9 Å². The van der Waals surface area contributed by atoms with Crippen LogP contribution in [0.5, 0.6) is 0 Å². The van der Waals surface area contributed by atoms with E-state index in [-0.39, 0.29) is 5.91 Å². The number of carbonyl (C=O) groups is 1. The Morgan fingerprint density at radius 1 is 1.11 bits per heavy atom. The molecular weight excluding hydrogens is 340 g/mol. The summed E-state index contributed by atoms with van der Waals surface area (Å²) in [6.07, 6.45) is 2.26. The molecule has 2 aliphatic rings. The van der Waals surface area contributed by atoms with Gasteiger partial charge in [0, 0.05) is 43.7 Å². The van der Waals surface area contributed by atoms with Crippen molar-refractivity contribution in [2.24, 2.45) is 5.92 Å². The standard InChI is InChI=1S/C22H30N2O3/c1-15-6-7-19-17(3)21(27-20(19)16(15)2)22(25)24-8-4-5-18(14-24)13-23-9-11-26-12-10-23/h6-7,18H,4-5,8-14H2,1-3H3/t18-/m1/s1. The van der Waals surface area contributed by atoms with Crippen LogP contribution in [0.4, 0.5) is 0 Å². The van der Waals surface area contributed by atoms with Gasteiger partial charge >= 0.3 is 0 Å². The topological polar surface area (TPSA) is 45.9 Å². The van der Waals surface area contributed by atoms with Crippen LogP contribution in [0, 0.1) is 26.7 Å². The Bertz CT molecular complexity index is 836. The minimum absolute atomic E-state index is 0.0485. The normalized spacial score (nSPS) is 21.7. The van der Waals surface area contributed by atoms with E-state index >= 15 is 0 Å². The van der Waals surface area contributed by atoms with Gasteiger partial charge in [-0.2, -0.15) is 0 Å². The van der Waals surface area contributed by atoms with Gasteiger partial charge in [0.05, 0.1) is 13.2 Å². The average Bonchev–Trinajstić information content (AvgIpc) is 3.02. The Hall–Kier alpha value is -1.85. The molecule has 0 aliphatic carbocycles. The zero-order chi connectivity index (χ0) is 19.0. The van der Waals surface area contributed by atoms with Gasteiger partial charge in [-0.05, 0) is 50.7 Å². The molecule has 1 aromatic heterocycles. The lowest BCUT2D eigenvalue weighted by Crippen LogP contribution is -2.46. The molecule has 0 saturated carbocycles. The van der Waals surface area contributed by atoms with Crippen LogP contribution in [0.1, 0.15) is 40.1 Å². The highest BCUT2D eigenvalue weighted by Gasteiger charge is 2.29. The van der Waals surface area contributed by atoms with Gasteiger partial charge in [0.1, 0.15) is 5.58 Å². The van der Waals surface area contributed by atoms with E-state index in [9.17, 15) is 4.79 Å². The monoisotopic (exact) mass is 370 g/mol. The van der Waals surface area contributed by atoms with Crippen molar-refractivity contribution in [1.82, 2.24) is 9.80 Å². The number of nitrogens with zero attached hydrogens (tertiary/aromatic N) is 2. The highest BCUT2D eigenvalue weighted by atomic mass is 16.5. The molecule has 2 fully saturated rings. The molecule has 2 aliphatic heterocycles. The van der Waals surface area contributed by atoms with E-state index in [0.717, 1.165) is 74.5 Å². The van der Waals surface area contributed by atoms with E-state index in [4.69, 9.17) is 9.15 Å². The van der Waals surface area contributed by atoms with Gasteiger partial charge in [-0.1, -0.05) is 12.1 Å². The third-order valence-electron chi connectivity index (χ3n) is 6.25. The van der Waals surface area contributed by atoms with Crippen LogP contribution >= 0.6 is 0 Å². The molecule has 5 heteroatoms. The molecule has 27 heavy (non-hydrogen) atoms. The first kappa shape index (κ1) is 18.5. The third kappa shape index (κ3) is 3.63. The maximum atomic E-state index is 13.2. The Kier molecular flexibility index (Phi) is 5.24. The van der Waals surface area contributed by atoms with Crippen LogP contribution in [0.25, 0.3) is 11.0 Å². The molecule has 0 radical (unpaired) electrons. The molecule has 0 unspecified atom stereocenters. The molecule has 146 valence electrons. The zero-order valence-electron chi connectivity index (χ0n) is 16.7. The summed E-state index contributed by atoms with van der Waals surface area (Å²) in [7, 11) is 0. The number of rotatable bonds is 3. The van der Waals surface area contributed by atoms with Crippen LogP contribution < -0.4 is 0 Å². The summed E-state index contributed by atoms with van der Waals surface area (Å²) in [6, 6.07) is 4.18. The molecule has 2 aromatic rings. The van der Waals surface area contributed by atoms with Gasteiger partial charge < -0.3 is 14.1 Å². The first-order chi connectivity index (χ1) is 13.0. The number of likely N-dealkylation sites (tertiary alicyclic amines) is 1. The second kappa shape index (κ2) is 7.64. The molecule has 1 aromatic carbocycles.